The van der Waals surface area contributed by atoms with E-state index in [1.165, 1.54) is 0 Å². The molecule has 0 fully saturated rings. The molecule has 0 amide bonds. The number of hydrogen-bond acceptors (Lipinski definition) is 3. The van der Waals surface area contributed by atoms with Crippen LogP contribution in [0.3, 0.4) is 0 Å². The summed E-state index contributed by atoms with van der Waals surface area (Å²) < 4.78 is 3.32. The molecular formula is C9H6INO3V. The van der Waals surface area contributed by atoms with Crippen molar-refractivity contribution in [1.82, 2.24) is 4.98 Å². The fourth-order valence-corrected chi connectivity index (χ4v) is 1.74. The molecule has 0 aliphatic heterocycles. The van der Waals surface area contributed by atoms with Crippen LogP contribution in [0.1, 0.15) is 10.4 Å². The number of aromatic carboxylic acids is 1. The summed E-state index contributed by atoms with van der Waals surface area (Å²) in [5.74, 6) is -1.46. The molecule has 0 bridgehead atoms. The van der Waals surface area contributed by atoms with Gasteiger partial charge in [0.1, 0.15) is 0 Å². The number of rotatable bonds is 2. The van der Waals surface area contributed by atoms with Crippen molar-refractivity contribution in [3.05, 3.63) is 22.3 Å². The molecule has 0 saturated carbocycles. The Bertz CT molecular complexity index is 527. The van der Waals surface area contributed by atoms with E-state index in [1.54, 1.807) is 14.9 Å². The summed E-state index contributed by atoms with van der Waals surface area (Å²) in [6.07, 6.45) is 2.74. The van der Waals surface area contributed by atoms with Gasteiger partial charge in [0.15, 0.2) is 0 Å². The predicted molar refractivity (Wildman–Crippen MR) is 61.1 cm³/mol. The van der Waals surface area contributed by atoms with Crippen LogP contribution in [0, 0.1) is 0 Å². The topological polar surface area (TPSA) is 70.4 Å². The van der Waals surface area contributed by atoms with Crippen molar-refractivity contribution >= 4 is 43.4 Å². The van der Waals surface area contributed by atoms with E-state index in [9.17, 15) is 9.90 Å². The van der Waals surface area contributed by atoms with Crippen molar-refractivity contribution in [1.29, 1.82) is 0 Å². The number of pyridine rings is 1. The molecule has 0 aromatic carbocycles. The molecule has 0 aliphatic carbocycles. The van der Waals surface area contributed by atoms with Gasteiger partial charge in [0.2, 0.25) is 0 Å². The predicted octanol–water partition coefficient (Wildman–Crippen LogP) is -0.212. The fourth-order valence-electron chi connectivity index (χ4n) is 1.01. The zero-order valence-corrected chi connectivity index (χ0v) is 10.9. The molecule has 0 unspecified atom stereocenters. The van der Waals surface area contributed by atoms with Crippen LogP contribution in [-0.2, 0) is 17.0 Å². The maximum absolute atomic E-state index is 10.7. The van der Waals surface area contributed by atoms with E-state index >= 15 is 0 Å². The van der Waals surface area contributed by atoms with Crippen LogP contribution in [-0.4, -0.2) is 25.9 Å². The molecule has 0 saturated heterocycles. The van der Waals surface area contributed by atoms with E-state index < -0.39 is 5.97 Å². The first-order valence-electron chi connectivity index (χ1n) is 3.81. The third-order valence-corrected chi connectivity index (χ3v) is 2.52. The van der Waals surface area contributed by atoms with Crippen molar-refractivity contribution < 1.29 is 32.0 Å². The van der Waals surface area contributed by atoms with Crippen LogP contribution in [0.25, 0.3) is 10.2 Å². The minimum absolute atomic E-state index is 0.197. The third-order valence-electron chi connectivity index (χ3n) is 1.69. The fraction of sp³-hybridized carbons (Fsp3) is 0. The quantitative estimate of drug-likeness (QED) is 0.722. The number of halogens is 1. The first kappa shape index (κ1) is 12.4. The van der Waals surface area contributed by atoms with E-state index in [-0.39, 0.29) is 11.3 Å². The molecule has 0 radical (unpaired) electrons. The number of carbonyl (C=O) groups is 1. The van der Waals surface area contributed by atoms with Crippen molar-refractivity contribution in [2.24, 2.45) is 0 Å². The van der Waals surface area contributed by atoms with Gasteiger partial charge >= 0.3 is 108 Å². The Morgan fingerprint density at radius 1 is 1.60 bits per heavy atom. The first-order chi connectivity index (χ1) is 7.11. The summed E-state index contributed by atoms with van der Waals surface area (Å²) in [6.45, 7) is 0. The van der Waals surface area contributed by atoms with Crippen LogP contribution in [0.5, 0.6) is 5.75 Å². The number of carboxylic acid groups (broad SMARTS) is 1. The zero-order chi connectivity index (χ0) is 11.4. The Kier molecular flexibility index (Phi) is 4.50. The van der Waals surface area contributed by atoms with Crippen molar-refractivity contribution in [3.63, 3.8) is 0 Å². The van der Waals surface area contributed by atoms with Gasteiger partial charge in [0.05, 0.1) is 0 Å². The van der Waals surface area contributed by atoms with Crippen molar-refractivity contribution in [2.45, 2.75) is 0 Å². The van der Waals surface area contributed by atoms with E-state index in [1.807, 2.05) is 22.6 Å². The van der Waals surface area contributed by atoms with Crippen molar-refractivity contribution in [3.8, 4) is 5.75 Å². The van der Waals surface area contributed by atoms with Gasteiger partial charge in [-0.2, -0.15) is 0 Å². The van der Waals surface area contributed by atoms with Gasteiger partial charge in [-0.3, -0.25) is 0 Å². The van der Waals surface area contributed by atoms with Crippen LogP contribution in [0.15, 0.2) is 6.20 Å². The summed E-state index contributed by atoms with van der Waals surface area (Å²) in [7, 11) is 0. The summed E-state index contributed by atoms with van der Waals surface area (Å²) in [4.78, 5) is 14.7. The van der Waals surface area contributed by atoms with Crippen LogP contribution >= 0.6 is 22.6 Å². The van der Waals surface area contributed by atoms with Gasteiger partial charge in [-0.15, -0.1) is 0 Å². The monoisotopic (exact) mass is 354 g/mol. The molecule has 2 N–H and O–H groups in total. The van der Waals surface area contributed by atoms with Crippen LogP contribution in [0.2, 0.25) is 0 Å². The van der Waals surface area contributed by atoms with Gasteiger partial charge in [0, 0.05) is 0 Å². The van der Waals surface area contributed by atoms with E-state index in [2.05, 4.69) is 22.0 Å². The van der Waals surface area contributed by atoms with Gasteiger partial charge in [-0.1, -0.05) is 0 Å². The summed E-state index contributed by atoms with van der Waals surface area (Å²) in [5, 5.41) is 19.4. The van der Waals surface area contributed by atoms with Gasteiger partial charge in [0.25, 0.3) is 0 Å². The first-order valence-corrected chi connectivity index (χ1v) is 5.86. The maximum atomic E-state index is 10.7. The number of aromatic hydroxyl groups is 1. The molecule has 0 atom stereocenters. The second-order valence-corrected chi connectivity index (χ2v) is 3.64. The van der Waals surface area contributed by atoms with Gasteiger partial charge in [-0.05, 0) is 0 Å². The van der Waals surface area contributed by atoms with E-state index in [0.29, 0.717) is 10.6 Å². The molecule has 15 heavy (non-hydrogen) atoms. The number of hydrogen-bond donors (Lipinski definition) is 2. The average molecular weight is 354 g/mol. The normalized spacial score (nSPS) is 12.8. The summed E-state index contributed by atoms with van der Waals surface area (Å²) in [6, 6.07) is 0. The summed E-state index contributed by atoms with van der Waals surface area (Å²) >= 11 is 4.19. The SMILES string of the molecule is O=C(O)c1cnc(=CI)/c(=C\[CH]=[V])c1O. The molecule has 6 heteroatoms. The average Bonchev–Trinajstić information content (AvgIpc) is 2.20. The molecule has 1 aromatic heterocycles. The van der Waals surface area contributed by atoms with Gasteiger partial charge < -0.3 is 0 Å². The van der Waals surface area contributed by atoms with Crippen LogP contribution in [0.4, 0.5) is 0 Å². The summed E-state index contributed by atoms with van der Waals surface area (Å²) in [5.41, 5.74) is -0.197. The molecule has 0 aliphatic rings. The molecule has 1 rings (SSSR count). The number of aromatic nitrogens is 1. The standard InChI is InChI=1S/C9H6INO3.V/c1-2-5-7(3-10)11-4-6(8(5)12)9(13)14;/h1-4,12H,(H,13,14);/b5-2+,7-3?;. The van der Waals surface area contributed by atoms with Gasteiger partial charge in [-0.25, -0.2) is 0 Å². The Morgan fingerprint density at radius 2 is 2.27 bits per heavy atom. The third kappa shape index (κ3) is 2.67. The molecular weight excluding hydrogens is 348 g/mol. The Morgan fingerprint density at radius 3 is 2.73 bits per heavy atom. The van der Waals surface area contributed by atoms with Crippen molar-refractivity contribution in [2.75, 3.05) is 0 Å². The number of carboxylic acids is 1. The molecule has 1 heterocycles. The zero-order valence-electron chi connectivity index (χ0n) is 7.38. The Hall–Kier alpha value is -0.656. The minimum atomic E-state index is -1.19. The Balaban J connectivity index is 3.73. The molecule has 1 aromatic rings. The van der Waals surface area contributed by atoms with E-state index in [0.717, 1.165) is 6.20 Å². The molecule has 77 valence electrons. The molecule has 0 spiro atoms. The Labute approximate surface area is 108 Å². The van der Waals surface area contributed by atoms with E-state index in [4.69, 9.17) is 5.11 Å². The van der Waals surface area contributed by atoms with Crippen LogP contribution < -0.4 is 10.6 Å². The molecule has 4 nitrogen and oxygen atoms in total. The second kappa shape index (κ2) is 5.43. The second-order valence-electron chi connectivity index (χ2n) is 2.55. The number of nitrogens with zero attached hydrogens (tertiary/aromatic N) is 1.